The van der Waals surface area contributed by atoms with Crippen LogP contribution in [-0.2, 0) is 6.54 Å². The Morgan fingerprint density at radius 1 is 1.41 bits per heavy atom. The topological polar surface area (TPSA) is 84.4 Å². The molecule has 17 heavy (non-hydrogen) atoms. The number of non-ortho nitro benzene ring substituents is 1. The van der Waals surface area contributed by atoms with Crippen LogP contribution in [0.15, 0.2) is 18.2 Å². The fourth-order valence-corrected chi connectivity index (χ4v) is 1.65. The molecule has 0 heterocycles. The number of nitrogens with one attached hydrogen (secondary N) is 1. The predicted octanol–water partition coefficient (Wildman–Crippen LogP) is 1.72. The van der Waals surface area contributed by atoms with Gasteiger partial charge in [-0.05, 0) is 24.7 Å². The minimum absolute atomic E-state index is 0.0890. The largest absolute Gasteiger partial charge is 0.324 e. The zero-order valence-electron chi connectivity index (χ0n) is 10.1. The second-order valence-corrected chi connectivity index (χ2v) is 3.70. The Labute approximate surface area is 101 Å². The van der Waals surface area contributed by atoms with E-state index in [0.717, 1.165) is 24.3 Å². The van der Waals surface area contributed by atoms with Crippen molar-refractivity contribution in [1.82, 2.24) is 4.90 Å². The molecule has 6 nitrogen and oxygen atoms in total. The number of benzene rings is 1. The van der Waals surface area contributed by atoms with Gasteiger partial charge in [0, 0.05) is 18.7 Å². The number of nitrogens with two attached hydrogens (primary N) is 1. The maximum absolute atomic E-state index is 10.7. The van der Waals surface area contributed by atoms with Crippen molar-refractivity contribution >= 4 is 11.4 Å². The lowest BCUT2D eigenvalue weighted by Crippen LogP contribution is -2.23. The van der Waals surface area contributed by atoms with E-state index >= 15 is 0 Å². The summed E-state index contributed by atoms with van der Waals surface area (Å²) in [6.07, 6.45) is 0. The SMILES string of the molecule is CCN(CC)Cc1cc([N+](=O)[O-])ccc1NN. The maximum atomic E-state index is 10.7. The molecular weight excluding hydrogens is 220 g/mol. The summed E-state index contributed by atoms with van der Waals surface area (Å²) in [7, 11) is 0. The van der Waals surface area contributed by atoms with E-state index in [-0.39, 0.29) is 5.69 Å². The van der Waals surface area contributed by atoms with Gasteiger partial charge in [-0.25, -0.2) is 0 Å². The molecule has 1 aromatic rings. The number of hydrogen-bond acceptors (Lipinski definition) is 5. The number of nitro benzene ring substituents is 1. The molecule has 0 bridgehead atoms. The van der Waals surface area contributed by atoms with E-state index in [0.29, 0.717) is 6.54 Å². The molecule has 6 heteroatoms. The van der Waals surface area contributed by atoms with E-state index in [4.69, 9.17) is 5.84 Å². The summed E-state index contributed by atoms with van der Waals surface area (Å²) < 4.78 is 0. The van der Waals surface area contributed by atoms with Crippen molar-refractivity contribution in [3.05, 3.63) is 33.9 Å². The first kappa shape index (κ1) is 13.4. The minimum atomic E-state index is -0.397. The van der Waals surface area contributed by atoms with Gasteiger partial charge < -0.3 is 5.43 Å². The first-order valence-corrected chi connectivity index (χ1v) is 5.58. The summed E-state index contributed by atoms with van der Waals surface area (Å²) in [5.74, 6) is 5.40. The van der Waals surface area contributed by atoms with Crippen LogP contribution in [0, 0.1) is 10.1 Å². The van der Waals surface area contributed by atoms with Crippen LogP contribution in [0.4, 0.5) is 11.4 Å². The Morgan fingerprint density at radius 3 is 2.53 bits per heavy atom. The van der Waals surface area contributed by atoms with E-state index in [1.807, 2.05) is 0 Å². The van der Waals surface area contributed by atoms with Crippen molar-refractivity contribution in [2.45, 2.75) is 20.4 Å². The lowest BCUT2D eigenvalue weighted by atomic mass is 10.1. The summed E-state index contributed by atoms with van der Waals surface area (Å²) in [6.45, 7) is 6.54. The Kier molecular flexibility index (Phi) is 4.86. The number of nitro groups is 1. The monoisotopic (exact) mass is 238 g/mol. The number of hydrogen-bond donors (Lipinski definition) is 2. The number of nitrogen functional groups attached to an aromatic ring is 1. The van der Waals surface area contributed by atoms with Gasteiger partial charge in [0.15, 0.2) is 0 Å². The van der Waals surface area contributed by atoms with Crippen LogP contribution in [0.5, 0.6) is 0 Å². The fraction of sp³-hybridized carbons (Fsp3) is 0.455. The molecule has 0 fully saturated rings. The van der Waals surface area contributed by atoms with Crippen LogP contribution < -0.4 is 11.3 Å². The summed E-state index contributed by atoms with van der Waals surface area (Å²) in [5, 5.41) is 10.7. The van der Waals surface area contributed by atoms with Crippen molar-refractivity contribution in [2.24, 2.45) is 5.84 Å². The van der Waals surface area contributed by atoms with E-state index in [1.165, 1.54) is 6.07 Å². The quantitative estimate of drug-likeness (QED) is 0.448. The van der Waals surface area contributed by atoms with Gasteiger partial charge in [-0.2, -0.15) is 0 Å². The highest BCUT2D eigenvalue weighted by Gasteiger charge is 2.12. The van der Waals surface area contributed by atoms with Gasteiger partial charge in [-0.3, -0.25) is 20.9 Å². The smallest absolute Gasteiger partial charge is 0.269 e. The second kappa shape index (κ2) is 6.17. The van der Waals surface area contributed by atoms with Crippen molar-refractivity contribution < 1.29 is 4.92 Å². The first-order chi connectivity index (χ1) is 8.12. The van der Waals surface area contributed by atoms with Crippen LogP contribution in [0.3, 0.4) is 0 Å². The molecule has 0 aromatic heterocycles. The molecular formula is C11H18N4O2. The summed E-state index contributed by atoms with van der Waals surface area (Å²) in [6, 6.07) is 4.64. The van der Waals surface area contributed by atoms with Gasteiger partial charge in [0.25, 0.3) is 5.69 Å². The highest BCUT2D eigenvalue weighted by atomic mass is 16.6. The second-order valence-electron chi connectivity index (χ2n) is 3.70. The van der Waals surface area contributed by atoms with Crippen LogP contribution >= 0.6 is 0 Å². The van der Waals surface area contributed by atoms with Crippen molar-refractivity contribution in [2.75, 3.05) is 18.5 Å². The van der Waals surface area contributed by atoms with Gasteiger partial charge in [-0.15, -0.1) is 0 Å². The zero-order chi connectivity index (χ0) is 12.8. The van der Waals surface area contributed by atoms with E-state index in [1.54, 1.807) is 12.1 Å². The average molecular weight is 238 g/mol. The van der Waals surface area contributed by atoms with Crippen LogP contribution in [0.2, 0.25) is 0 Å². The third-order valence-corrected chi connectivity index (χ3v) is 2.74. The fourth-order valence-electron chi connectivity index (χ4n) is 1.65. The molecule has 0 aliphatic heterocycles. The van der Waals surface area contributed by atoms with E-state index < -0.39 is 4.92 Å². The number of nitrogens with zero attached hydrogens (tertiary/aromatic N) is 2. The highest BCUT2D eigenvalue weighted by Crippen LogP contribution is 2.22. The molecule has 0 amide bonds. The summed E-state index contributed by atoms with van der Waals surface area (Å²) in [4.78, 5) is 12.5. The Balaban J connectivity index is 3.01. The van der Waals surface area contributed by atoms with Gasteiger partial charge in [-0.1, -0.05) is 13.8 Å². The van der Waals surface area contributed by atoms with E-state index in [9.17, 15) is 10.1 Å². The minimum Gasteiger partial charge on any atom is -0.324 e. The molecule has 0 aliphatic carbocycles. The van der Waals surface area contributed by atoms with Gasteiger partial charge in [0.05, 0.1) is 10.6 Å². The molecule has 0 unspecified atom stereocenters. The number of hydrazine groups is 1. The van der Waals surface area contributed by atoms with Crippen molar-refractivity contribution in [1.29, 1.82) is 0 Å². The third-order valence-electron chi connectivity index (χ3n) is 2.74. The third kappa shape index (κ3) is 3.40. The zero-order valence-corrected chi connectivity index (χ0v) is 10.1. The Bertz CT molecular complexity index is 391. The first-order valence-electron chi connectivity index (χ1n) is 5.58. The standard InChI is InChI=1S/C11H18N4O2/c1-3-14(4-2)8-9-7-10(15(16)17)5-6-11(9)13-12/h5-7,13H,3-4,8,12H2,1-2H3. The number of anilines is 1. The molecule has 94 valence electrons. The van der Waals surface area contributed by atoms with Gasteiger partial charge >= 0.3 is 0 Å². The highest BCUT2D eigenvalue weighted by molar-refractivity contribution is 5.55. The molecule has 1 rings (SSSR count). The maximum Gasteiger partial charge on any atom is 0.269 e. The van der Waals surface area contributed by atoms with Crippen molar-refractivity contribution in [3.63, 3.8) is 0 Å². The van der Waals surface area contributed by atoms with Crippen LogP contribution in [0.1, 0.15) is 19.4 Å². The molecule has 0 saturated carbocycles. The molecule has 0 atom stereocenters. The molecule has 3 N–H and O–H groups in total. The Hall–Kier alpha value is -1.66. The average Bonchev–Trinajstić information content (AvgIpc) is 2.35. The molecule has 0 spiro atoms. The van der Waals surface area contributed by atoms with Gasteiger partial charge in [0.1, 0.15) is 0 Å². The lowest BCUT2D eigenvalue weighted by molar-refractivity contribution is -0.384. The van der Waals surface area contributed by atoms with Crippen molar-refractivity contribution in [3.8, 4) is 0 Å². The van der Waals surface area contributed by atoms with Gasteiger partial charge in [0.2, 0.25) is 0 Å². The molecule has 0 radical (unpaired) electrons. The normalized spacial score (nSPS) is 10.6. The van der Waals surface area contributed by atoms with Crippen LogP contribution in [-0.4, -0.2) is 22.9 Å². The lowest BCUT2D eigenvalue weighted by Gasteiger charge is -2.19. The summed E-state index contributed by atoms with van der Waals surface area (Å²) in [5.41, 5.74) is 4.22. The molecule has 1 aromatic carbocycles. The number of rotatable bonds is 6. The Morgan fingerprint density at radius 2 is 2.06 bits per heavy atom. The van der Waals surface area contributed by atoms with Crippen LogP contribution in [0.25, 0.3) is 0 Å². The summed E-state index contributed by atoms with van der Waals surface area (Å²) >= 11 is 0. The van der Waals surface area contributed by atoms with E-state index in [2.05, 4.69) is 24.2 Å². The molecule has 0 saturated heterocycles. The molecule has 0 aliphatic rings. The predicted molar refractivity (Wildman–Crippen MR) is 67.5 cm³/mol.